The maximum Gasteiger partial charge on any atom is 0.248 e. The number of hydrogen-bond acceptors (Lipinski definition) is 5. The Balaban J connectivity index is 1.45. The number of rotatable bonds is 7. The first-order valence-corrected chi connectivity index (χ1v) is 11.6. The molecule has 0 spiro atoms. The molecule has 1 aromatic carbocycles. The third-order valence-electron chi connectivity index (χ3n) is 6.40. The molecule has 0 unspecified atom stereocenters. The van der Waals surface area contributed by atoms with E-state index in [9.17, 15) is 9.59 Å². The smallest absolute Gasteiger partial charge is 0.248 e. The number of aryl methyl sites for hydroxylation is 1. The van der Waals surface area contributed by atoms with E-state index < -0.39 is 5.41 Å². The van der Waals surface area contributed by atoms with Crippen LogP contribution in [0.5, 0.6) is 0 Å². The van der Waals surface area contributed by atoms with Gasteiger partial charge in [-0.25, -0.2) is 0 Å². The van der Waals surface area contributed by atoms with Crippen LogP contribution in [0.25, 0.3) is 5.57 Å². The number of benzene rings is 1. The van der Waals surface area contributed by atoms with Crippen LogP contribution >= 0.6 is 0 Å². The summed E-state index contributed by atoms with van der Waals surface area (Å²) < 4.78 is 6.98. The number of allylic oxidation sites excluding steroid dienone is 4. The highest BCUT2D eigenvalue weighted by molar-refractivity contribution is 6.00. The number of nitrogens with one attached hydrogen (secondary N) is 1. The summed E-state index contributed by atoms with van der Waals surface area (Å²) in [6.45, 7) is 9.58. The lowest BCUT2D eigenvalue weighted by Gasteiger charge is -2.41. The number of anilines is 1. The van der Waals surface area contributed by atoms with Crippen LogP contribution in [0.4, 0.5) is 5.69 Å². The first-order chi connectivity index (χ1) is 16.8. The van der Waals surface area contributed by atoms with Gasteiger partial charge in [0, 0.05) is 49.9 Å². The van der Waals surface area contributed by atoms with Crippen molar-refractivity contribution in [2.75, 3.05) is 25.1 Å². The van der Waals surface area contributed by atoms with Gasteiger partial charge >= 0.3 is 0 Å². The second-order valence-electron chi connectivity index (χ2n) is 9.33. The zero-order chi connectivity index (χ0) is 25.0. The van der Waals surface area contributed by atoms with Gasteiger partial charge in [-0.1, -0.05) is 12.1 Å². The van der Waals surface area contributed by atoms with Crippen molar-refractivity contribution in [2.24, 2.45) is 17.5 Å². The SMILES string of the molecule is C=N\C=C/C(=C(C)/C=C/C(=O)Nc1ccc2c(c1)CN(C(=O)C1(C)COC1)CC2)c1cnn(C)c1. The molecule has 2 amide bonds. The molecule has 182 valence electrons. The van der Waals surface area contributed by atoms with Crippen LogP contribution in [0.3, 0.4) is 0 Å². The highest BCUT2D eigenvalue weighted by Crippen LogP contribution is 2.32. The molecule has 0 radical (unpaired) electrons. The molecule has 8 heteroatoms. The van der Waals surface area contributed by atoms with E-state index in [4.69, 9.17) is 4.74 Å². The second-order valence-corrected chi connectivity index (χ2v) is 9.33. The van der Waals surface area contributed by atoms with E-state index in [1.165, 1.54) is 11.6 Å². The van der Waals surface area contributed by atoms with E-state index in [1.54, 1.807) is 23.2 Å². The Labute approximate surface area is 205 Å². The molecule has 1 fully saturated rings. The van der Waals surface area contributed by atoms with Gasteiger partial charge in [0.2, 0.25) is 11.8 Å². The predicted octanol–water partition coefficient (Wildman–Crippen LogP) is 3.52. The first kappa shape index (κ1) is 24.3. The molecule has 35 heavy (non-hydrogen) atoms. The molecule has 2 aromatic rings. The minimum absolute atomic E-state index is 0.138. The molecule has 1 aromatic heterocycles. The van der Waals surface area contributed by atoms with Gasteiger partial charge in [0.05, 0.1) is 24.8 Å². The molecule has 1 N–H and O–H groups in total. The summed E-state index contributed by atoms with van der Waals surface area (Å²) >= 11 is 0. The normalized spacial score (nSPS) is 17.6. The molecule has 0 aliphatic carbocycles. The molecule has 0 saturated carbocycles. The van der Waals surface area contributed by atoms with Gasteiger partial charge < -0.3 is 15.0 Å². The standard InChI is InChI=1S/C27H31N5O3/c1-19(24(9-11-28-3)22-14-29-31(4)15-22)5-8-25(33)30-23-7-6-20-10-12-32(16-21(20)13-23)26(34)27(2)17-35-18-27/h5-9,11,13-15H,3,10,12,16-18H2,1-2,4H3,(H,30,33)/b8-5+,11-9-,24-19-. The number of hydrogen-bond donors (Lipinski definition) is 1. The minimum atomic E-state index is -0.412. The Bertz CT molecular complexity index is 1230. The zero-order valence-electron chi connectivity index (χ0n) is 20.5. The lowest BCUT2D eigenvalue weighted by molar-refractivity contribution is -0.169. The minimum Gasteiger partial charge on any atom is -0.379 e. The Hall–Kier alpha value is -3.78. The number of aliphatic imine (C=N–C) groups is 1. The molecule has 4 rings (SSSR count). The van der Waals surface area contributed by atoms with E-state index in [1.807, 2.05) is 56.3 Å². The van der Waals surface area contributed by atoms with Crippen LogP contribution in [0.1, 0.15) is 30.5 Å². The molecule has 0 atom stereocenters. The topological polar surface area (TPSA) is 88.8 Å². The molecule has 2 aliphatic rings. The summed E-state index contributed by atoms with van der Waals surface area (Å²) in [6.07, 6.45) is 11.2. The summed E-state index contributed by atoms with van der Waals surface area (Å²) in [5, 5.41) is 7.16. The van der Waals surface area contributed by atoms with E-state index in [0.29, 0.717) is 32.0 Å². The average Bonchev–Trinajstić information content (AvgIpc) is 3.26. The van der Waals surface area contributed by atoms with Gasteiger partial charge in [0.15, 0.2) is 0 Å². The number of nitrogens with zero attached hydrogens (tertiary/aromatic N) is 4. The third kappa shape index (κ3) is 5.49. The van der Waals surface area contributed by atoms with Crippen molar-refractivity contribution in [3.05, 3.63) is 77.3 Å². The van der Waals surface area contributed by atoms with Crippen LogP contribution in [-0.2, 0) is 34.3 Å². The predicted molar refractivity (Wildman–Crippen MR) is 137 cm³/mol. The summed E-state index contributed by atoms with van der Waals surface area (Å²) in [5.41, 5.74) is 5.28. The quantitative estimate of drug-likeness (QED) is 0.379. The maximum atomic E-state index is 12.9. The van der Waals surface area contributed by atoms with Crippen molar-refractivity contribution in [1.29, 1.82) is 0 Å². The Morgan fingerprint density at radius 3 is 2.69 bits per heavy atom. The number of carbonyl (C=O) groups is 2. The van der Waals surface area contributed by atoms with Gasteiger partial charge in [-0.15, -0.1) is 0 Å². The van der Waals surface area contributed by atoms with Gasteiger partial charge in [-0.3, -0.25) is 19.3 Å². The van der Waals surface area contributed by atoms with Crippen molar-refractivity contribution in [3.63, 3.8) is 0 Å². The van der Waals surface area contributed by atoms with E-state index >= 15 is 0 Å². The second kappa shape index (κ2) is 10.2. The van der Waals surface area contributed by atoms with Crippen molar-refractivity contribution in [1.82, 2.24) is 14.7 Å². The summed E-state index contributed by atoms with van der Waals surface area (Å²) in [7, 11) is 1.85. The van der Waals surface area contributed by atoms with Crippen LogP contribution < -0.4 is 5.32 Å². The van der Waals surface area contributed by atoms with Crippen molar-refractivity contribution >= 4 is 29.8 Å². The molecule has 1 saturated heterocycles. The Morgan fingerprint density at radius 2 is 2.03 bits per heavy atom. The molecular weight excluding hydrogens is 442 g/mol. The van der Waals surface area contributed by atoms with Gasteiger partial charge in [0.25, 0.3) is 0 Å². The fourth-order valence-corrected chi connectivity index (χ4v) is 4.34. The third-order valence-corrected chi connectivity index (χ3v) is 6.40. The summed E-state index contributed by atoms with van der Waals surface area (Å²) in [5.74, 6) is -0.0947. The number of amides is 2. The number of aromatic nitrogens is 2. The first-order valence-electron chi connectivity index (χ1n) is 11.6. The van der Waals surface area contributed by atoms with Crippen molar-refractivity contribution in [2.45, 2.75) is 26.8 Å². The number of ether oxygens (including phenoxy) is 1. The number of fused-ring (bicyclic) bond motifs is 1. The summed E-state index contributed by atoms with van der Waals surface area (Å²) in [6, 6.07) is 5.90. The van der Waals surface area contributed by atoms with Crippen LogP contribution in [0.2, 0.25) is 0 Å². The maximum absolute atomic E-state index is 12.9. The van der Waals surface area contributed by atoms with Gasteiger partial charge in [0.1, 0.15) is 0 Å². The highest BCUT2D eigenvalue weighted by Gasteiger charge is 2.44. The fraction of sp³-hybridized carbons (Fsp3) is 0.333. The van der Waals surface area contributed by atoms with E-state index in [2.05, 4.69) is 22.1 Å². The Morgan fingerprint density at radius 1 is 1.23 bits per heavy atom. The monoisotopic (exact) mass is 473 g/mol. The fourth-order valence-electron chi connectivity index (χ4n) is 4.34. The Kier molecular flexibility index (Phi) is 7.12. The van der Waals surface area contributed by atoms with Gasteiger partial charge in [-0.2, -0.15) is 5.10 Å². The zero-order valence-corrected chi connectivity index (χ0v) is 20.5. The van der Waals surface area contributed by atoms with Crippen LogP contribution in [0.15, 0.2) is 65.6 Å². The largest absolute Gasteiger partial charge is 0.379 e. The van der Waals surface area contributed by atoms with Gasteiger partial charge in [-0.05, 0) is 67.5 Å². The average molecular weight is 474 g/mol. The lowest BCUT2D eigenvalue weighted by Crippen LogP contribution is -2.54. The molecule has 8 nitrogen and oxygen atoms in total. The molecular formula is C27H31N5O3. The van der Waals surface area contributed by atoms with E-state index in [-0.39, 0.29) is 11.8 Å². The summed E-state index contributed by atoms with van der Waals surface area (Å²) in [4.78, 5) is 31.2. The number of carbonyl (C=O) groups excluding carboxylic acids is 2. The van der Waals surface area contributed by atoms with Crippen LogP contribution in [0, 0.1) is 5.41 Å². The van der Waals surface area contributed by atoms with E-state index in [0.717, 1.165) is 28.7 Å². The molecule has 2 aliphatic heterocycles. The van der Waals surface area contributed by atoms with Crippen molar-refractivity contribution in [3.8, 4) is 0 Å². The van der Waals surface area contributed by atoms with Crippen LogP contribution in [-0.4, -0.2) is 53.0 Å². The molecule has 3 heterocycles. The van der Waals surface area contributed by atoms with Crippen molar-refractivity contribution < 1.29 is 14.3 Å². The highest BCUT2D eigenvalue weighted by atomic mass is 16.5. The molecule has 0 bridgehead atoms. The lowest BCUT2D eigenvalue weighted by atomic mass is 9.86.